The van der Waals surface area contributed by atoms with Crippen molar-refractivity contribution in [2.45, 2.75) is 380 Å². The summed E-state index contributed by atoms with van der Waals surface area (Å²) in [5.41, 5.74) is 0. The van der Waals surface area contributed by atoms with E-state index in [1.54, 1.807) is 0 Å². The van der Waals surface area contributed by atoms with Gasteiger partial charge in [0.2, 0.25) is 0 Å². The summed E-state index contributed by atoms with van der Waals surface area (Å²) in [6.45, 7) is 6.65. The Balaban J connectivity index is 4.36. The van der Waals surface area contributed by atoms with E-state index in [2.05, 4.69) is 93.7 Å². The molecule has 82 heavy (non-hydrogen) atoms. The molecule has 0 amide bonds. The number of allylic oxidation sites excluding steroid dienone is 12. The topological polar surface area (TPSA) is 78.9 Å². The molecule has 0 rings (SSSR count). The van der Waals surface area contributed by atoms with Gasteiger partial charge in [-0.15, -0.1) is 0 Å². The average Bonchev–Trinajstić information content (AvgIpc) is 3.47. The minimum absolute atomic E-state index is 0.0776. The van der Waals surface area contributed by atoms with Gasteiger partial charge in [-0.05, 0) is 116 Å². The molecule has 0 aromatic rings. The third kappa shape index (κ3) is 67.6. The van der Waals surface area contributed by atoms with E-state index in [1.165, 1.54) is 250 Å². The van der Waals surface area contributed by atoms with Crippen LogP contribution >= 0.6 is 0 Å². The Bertz CT molecular complexity index is 1500. The van der Waals surface area contributed by atoms with Crippen LogP contribution in [-0.2, 0) is 28.6 Å². The Labute approximate surface area is 510 Å². The second-order valence-electron chi connectivity index (χ2n) is 24.1. The van der Waals surface area contributed by atoms with E-state index in [-0.39, 0.29) is 31.1 Å². The van der Waals surface area contributed by atoms with Crippen molar-refractivity contribution in [1.82, 2.24) is 0 Å². The molecule has 0 aliphatic carbocycles. The zero-order valence-electron chi connectivity index (χ0n) is 54.8. The smallest absolute Gasteiger partial charge is 0.306 e. The molecule has 0 spiro atoms. The first-order valence-electron chi connectivity index (χ1n) is 35.9. The fourth-order valence-electron chi connectivity index (χ4n) is 10.5. The fraction of sp³-hybridized carbons (Fsp3) is 0.803. The molecule has 0 bridgehead atoms. The molecule has 0 radical (unpaired) electrons. The van der Waals surface area contributed by atoms with Gasteiger partial charge in [0.05, 0.1) is 0 Å². The number of ether oxygens (including phenoxy) is 3. The Morgan fingerprint density at radius 1 is 0.244 bits per heavy atom. The van der Waals surface area contributed by atoms with E-state index < -0.39 is 6.10 Å². The molecule has 0 aromatic carbocycles. The van der Waals surface area contributed by atoms with E-state index in [4.69, 9.17) is 14.2 Å². The summed E-state index contributed by atoms with van der Waals surface area (Å²) >= 11 is 0. The van der Waals surface area contributed by atoms with Crippen molar-refractivity contribution in [2.75, 3.05) is 13.2 Å². The number of carbonyl (C=O) groups excluding carboxylic acids is 3. The lowest BCUT2D eigenvalue weighted by Crippen LogP contribution is -2.30. The van der Waals surface area contributed by atoms with E-state index in [0.29, 0.717) is 19.3 Å². The van der Waals surface area contributed by atoms with Gasteiger partial charge < -0.3 is 14.2 Å². The number of hydrogen-bond donors (Lipinski definition) is 0. The van der Waals surface area contributed by atoms with Gasteiger partial charge in [-0.2, -0.15) is 0 Å². The lowest BCUT2D eigenvalue weighted by molar-refractivity contribution is -0.167. The summed E-state index contributed by atoms with van der Waals surface area (Å²) < 4.78 is 17.0. The highest BCUT2D eigenvalue weighted by Crippen LogP contribution is 2.17. The second-order valence-corrected chi connectivity index (χ2v) is 24.1. The maximum absolute atomic E-state index is 13.0. The van der Waals surface area contributed by atoms with Crippen LogP contribution < -0.4 is 0 Å². The standard InChI is InChI=1S/C76H136O6/c1-4-7-10-13-16-19-22-25-28-31-34-36-38-40-42-45-48-51-54-57-60-63-66-69-75(78)81-72-73(71-80-74(77)68-65-62-59-56-53-50-47-44-33-30-27-24-21-18-15-12-9-6-3)82-76(79)70-67-64-61-58-55-52-49-46-43-41-39-37-35-32-29-26-23-20-17-14-11-8-5-2/h21-26,30-35,73H,4-20,27-29,36-72H2,1-3H3/b24-21-,25-22-,26-23-,33-30-,34-31-,35-32-. The maximum atomic E-state index is 13.0. The van der Waals surface area contributed by atoms with E-state index in [9.17, 15) is 14.4 Å². The molecule has 0 aliphatic rings. The van der Waals surface area contributed by atoms with Gasteiger partial charge in [0.1, 0.15) is 13.2 Å². The van der Waals surface area contributed by atoms with Crippen molar-refractivity contribution in [3.8, 4) is 0 Å². The van der Waals surface area contributed by atoms with Crippen molar-refractivity contribution in [3.63, 3.8) is 0 Å². The summed E-state index contributed by atoms with van der Waals surface area (Å²) in [5, 5.41) is 0. The van der Waals surface area contributed by atoms with Gasteiger partial charge in [-0.25, -0.2) is 0 Å². The van der Waals surface area contributed by atoms with Crippen molar-refractivity contribution in [3.05, 3.63) is 72.9 Å². The van der Waals surface area contributed by atoms with Crippen molar-refractivity contribution < 1.29 is 28.6 Å². The Kier molecular flexibility index (Phi) is 67.6. The highest BCUT2D eigenvalue weighted by atomic mass is 16.6. The zero-order valence-corrected chi connectivity index (χ0v) is 54.8. The first-order valence-corrected chi connectivity index (χ1v) is 35.9. The van der Waals surface area contributed by atoms with Gasteiger partial charge >= 0.3 is 17.9 Å². The molecular weight excluding hydrogens is 1010 g/mol. The highest BCUT2D eigenvalue weighted by molar-refractivity contribution is 5.71. The quantitative estimate of drug-likeness (QED) is 0.0261. The number of carbonyl (C=O) groups is 3. The SMILES string of the molecule is CCCCCC/C=C\C/C=C\CCCCCCCCCC(=O)OCC(COC(=O)CCCCCCCCCCCCC/C=C\C/C=C\CCCCCCC)OC(=O)CCCCCCCCCCCCC/C=C\C/C=C\CCCCCCC. The van der Waals surface area contributed by atoms with Crippen molar-refractivity contribution in [1.29, 1.82) is 0 Å². The molecule has 0 heterocycles. The molecule has 0 saturated carbocycles. The highest BCUT2D eigenvalue weighted by Gasteiger charge is 2.19. The summed E-state index contributed by atoms with van der Waals surface area (Å²) in [5.74, 6) is -0.868. The summed E-state index contributed by atoms with van der Waals surface area (Å²) in [6.07, 6.45) is 92.0. The number of esters is 3. The number of rotatable bonds is 66. The van der Waals surface area contributed by atoms with E-state index >= 15 is 0 Å². The number of hydrogen-bond acceptors (Lipinski definition) is 6. The zero-order chi connectivity index (χ0) is 59.2. The largest absolute Gasteiger partial charge is 0.462 e. The lowest BCUT2D eigenvalue weighted by Gasteiger charge is -2.18. The van der Waals surface area contributed by atoms with Crippen LogP contribution in [0.1, 0.15) is 374 Å². The normalized spacial score (nSPS) is 12.5. The lowest BCUT2D eigenvalue weighted by atomic mass is 10.0. The monoisotopic (exact) mass is 1150 g/mol. The van der Waals surface area contributed by atoms with E-state index in [0.717, 1.165) is 83.5 Å². The van der Waals surface area contributed by atoms with Crippen LogP contribution in [0.3, 0.4) is 0 Å². The third-order valence-electron chi connectivity index (χ3n) is 15.9. The molecular formula is C76H136O6. The molecule has 0 fully saturated rings. The average molecular weight is 1150 g/mol. The fourth-order valence-corrected chi connectivity index (χ4v) is 10.5. The van der Waals surface area contributed by atoms with Crippen LogP contribution in [0.2, 0.25) is 0 Å². The number of unbranched alkanes of at least 4 members (excludes halogenated alkanes) is 43. The predicted octanol–water partition coefficient (Wildman–Crippen LogP) is 24.8. The molecule has 0 saturated heterocycles. The Hall–Kier alpha value is -3.15. The first kappa shape index (κ1) is 78.8. The van der Waals surface area contributed by atoms with Gasteiger partial charge in [-0.3, -0.25) is 14.4 Å². The molecule has 0 aromatic heterocycles. The van der Waals surface area contributed by atoms with Crippen molar-refractivity contribution >= 4 is 17.9 Å². The molecule has 6 nitrogen and oxygen atoms in total. The second kappa shape index (κ2) is 70.3. The molecule has 1 unspecified atom stereocenters. The first-order chi connectivity index (χ1) is 40.5. The molecule has 476 valence electrons. The van der Waals surface area contributed by atoms with Crippen LogP contribution in [0.5, 0.6) is 0 Å². The molecule has 1 atom stereocenters. The van der Waals surface area contributed by atoms with Crippen LogP contribution in [0, 0.1) is 0 Å². The summed E-state index contributed by atoms with van der Waals surface area (Å²) in [6, 6.07) is 0. The van der Waals surface area contributed by atoms with Crippen LogP contribution in [-0.4, -0.2) is 37.2 Å². The van der Waals surface area contributed by atoms with Gasteiger partial charge in [0.15, 0.2) is 6.10 Å². The molecule has 0 aliphatic heterocycles. The summed E-state index contributed by atoms with van der Waals surface area (Å²) in [7, 11) is 0. The minimum Gasteiger partial charge on any atom is -0.462 e. The maximum Gasteiger partial charge on any atom is 0.306 e. The van der Waals surface area contributed by atoms with Gasteiger partial charge in [-0.1, -0.05) is 312 Å². The molecule has 0 N–H and O–H groups in total. The Morgan fingerprint density at radius 2 is 0.439 bits per heavy atom. The van der Waals surface area contributed by atoms with Crippen molar-refractivity contribution in [2.24, 2.45) is 0 Å². The van der Waals surface area contributed by atoms with Crippen LogP contribution in [0.4, 0.5) is 0 Å². The predicted molar refractivity (Wildman–Crippen MR) is 358 cm³/mol. The van der Waals surface area contributed by atoms with Gasteiger partial charge in [0.25, 0.3) is 0 Å². The summed E-state index contributed by atoms with van der Waals surface area (Å²) in [4.78, 5) is 38.5. The third-order valence-corrected chi connectivity index (χ3v) is 15.9. The Morgan fingerprint density at radius 3 is 0.683 bits per heavy atom. The van der Waals surface area contributed by atoms with Gasteiger partial charge in [0, 0.05) is 19.3 Å². The molecule has 6 heteroatoms. The van der Waals surface area contributed by atoms with Crippen LogP contribution in [0.15, 0.2) is 72.9 Å². The van der Waals surface area contributed by atoms with Crippen LogP contribution in [0.25, 0.3) is 0 Å². The van der Waals surface area contributed by atoms with E-state index in [1.807, 2.05) is 0 Å². The minimum atomic E-state index is -0.783.